The maximum Gasteiger partial charge on any atom is 0.264 e. The third-order valence-electron chi connectivity index (χ3n) is 2.95. The number of aromatic nitrogens is 4. The topological polar surface area (TPSA) is 52.7 Å². The average Bonchev–Trinajstić information content (AvgIpc) is 2.86. The molecule has 0 aliphatic carbocycles. The van der Waals surface area contributed by atoms with E-state index in [1.165, 1.54) is 17.1 Å². The molecule has 0 amide bonds. The van der Waals surface area contributed by atoms with Crippen LogP contribution in [-0.4, -0.2) is 19.3 Å². The Labute approximate surface area is 130 Å². The van der Waals surface area contributed by atoms with E-state index in [2.05, 4.69) is 16.7 Å². The van der Waals surface area contributed by atoms with E-state index in [-0.39, 0.29) is 12.1 Å². The van der Waals surface area contributed by atoms with Gasteiger partial charge >= 0.3 is 0 Å². The summed E-state index contributed by atoms with van der Waals surface area (Å²) < 4.78 is 2.96. The Morgan fingerprint density at radius 3 is 2.90 bits per heavy atom. The maximum atomic E-state index is 12.3. The lowest BCUT2D eigenvalue weighted by Crippen LogP contribution is -2.20. The lowest BCUT2D eigenvalue weighted by molar-refractivity contribution is 0.756. The van der Waals surface area contributed by atoms with Gasteiger partial charge in [-0.25, -0.2) is 9.67 Å². The number of nitrogens with zero attached hydrogens (tertiary/aromatic N) is 4. The van der Waals surface area contributed by atoms with Crippen LogP contribution in [0.3, 0.4) is 0 Å². The van der Waals surface area contributed by atoms with Crippen molar-refractivity contribution in [2.24, 2.45) is 0 Å². The molecule has 0 saturated heterocycles. The van der Waals surface area contributed by atoms with Gasteiger partial charge in [0.15, 0.2) is 5.65 Å². The molecule has 0 radical (unpaired) electrons. The van der Waals surface area contributed by atoms with E-state index in [0.717, 1.165) is 5.69 Å². The first-order valence-electron chi connectivity index (χ1n) is 6.08. The number of allylic oxidation sites excluding steroid dienone is 1. The number of benzene rings is 1. The highest BCUT2D eigenvalue weighted by molar-refractivity contribution is 6.30. The molecular weight excluding hydrogens is 311 g/mol. The SMILES string of the molecule is C=C(Cl)Cn1cnc2c(cnn2-c2cccc(Cl)c2)c1=O. The van der Waals surface area contributed by atoms with Crippen molar-refractivity contribution in [3.8, 4) is 5.69 Å². The Morgan fingerprint density at radius 2 is 2.19 bits per heavy atom. The second kappa shape index (κ2) is 5.35. The van der Waals surface area contributed by atoms with Crippen LogP contribution in [0.25, 0.3) is 16.7 Å². The lowest BCUT2D eigenvalue weighted by atomic mass is 10.3. The summed E-state index contributed by atoms with van der Waals surface area (Å²) in [5.74, 6) is 0. The zero-order chi connectivity index (χ0) is 15.0. The quantitative estimate of drug-likeness (QED) is 0.745. The normalized spacial score (nSPS) is 11.0. The molecule has 2 aromatic heterocycles. The average molecular weight is 321 g/mol. The Hall–Kier alpha value is -2.11. The van der Waals surface area contributed by atoms with Crippen molar-refractivity contribution in [1.29, 1.82) is 0 Å². The van der Waals surface area contributed by atoms with Gasteiger partial charge in [-0.3, -0.25) is 9.36 Å². The highest BCUT2D eigenvalue weighted by Crippen LogP contribution is 2.17. The van der Waals surface area contributed by atoms with Crippen LogP contribution in [-0.2, 0) is 6.54 Å². The van der Waals surface area contributed by atoms with Gasteiger partial charge in [0.1, 0.15) is 11.7 Å². The molecule has 0 spiro atoms. The minimum atomic E-state index is -0.213. The predicted octanol–water partition coefficient (Wildman–Crippen LogP) is 2.99. The summed E-state index contributed by atoms with van der Waals surface area (Å²) >= 11 is 11.7. The van der Waals surface area contributed by atoms with Crippen LogP contribution < -0.4 is 5.56 Å². The minimum Gasteiger partial charge on any atom is -0.293 e. The summed E-state index contributed by atoms with van der Waals surface area (Å²) in [6.45, 7) is 3.79. The van der Waals surface area contributed by atoms with Crippen LogP contribution in [0.1, 0.15) is 0 Å². The molecule has 0 aliphatic heterocycles. The Kier molecular flexibility index (Phi) is 3.53. The fourth-order valence-electron chi connectivity index (χ4n) is 2.04. The fourth-order valence-corrected chi connectivity index (χ4v) is 2.36. The highest BCUT2D eigenvalue weighted by atomic mass is 35.5. The van der Waals surface area contributed by atoms with Crippen LogP contribution in [0.5, 0.6) is 0 Å². The van der Waals surface area contributed by atoms with E-state index >= 15 is 0 Å². The van der Waals surface area contributed by atoms with Gasteiger partial charge in [0.05, 0.1) is 18.4 Å². The van der Waals surface area contributed by atoms with Crippen molar-refractivity contribution >= 4 is 34.2 Å². The molecule has 0 fully saturated rings. The van der Waals surface area contributed by atoms with Crippen molar-refractivity contribution in [2.45, 2.75) is 6.54 Å². The van der Waals surface area contributed by atoms with Crippen LogP contribution in [0.2, 0.25) is 5.02 Å². The van der Waals surface area contributed by atoms with Gasteiger partial charge in [-0.15, -0.1) is 0 Å². The summed E-state index contributed by atoms with van der Waals surface area (Å²) in [4.78, 5) is 16.6. The van der Waals surface area contributed by atoms with Crippen LogP contribution in [0.4, 0.5) is 0 Å². The van der Waals surface area contributed by atoms with E-state index < -0.39 is 0 Å². The van der Waals surface area contributed by atoms with Gasteiger partial charge in [0.25, 0.3) is 5.56 Å². The maximum absolute atomic E-state index is 12.3. The molecule has 3 rings (SSSR count). The van der Waals surface area contributed by atoms with Crippen LogP contribution in [0.15, 0.2) is 53.2 Å². The van der Waals surface area contributed by atoms with Gasteiger partial charge in [-0.05, 0) is 18.2 Å². The molecular formula is C14H10Cl2N4O. The van der Waals surface area contributed by atoms with E-state index in [1.807, 2.05) is 12.1 Å². The fraction of sp³-hybridized carbons (Fsp3) is 0.0714. The first kappa shape index (κ1) is 13.9. The lowest BCUT2D eigenvalue weighted by Gasteiger charge is -2.05. The third kappa shape index (κ3) is 2.57. The molecule has 0 unspecified atom stereocenters. The zero-order valence-electron chi connectivity index (χ0n) is 10.8. The number of hydrogen-bond acceptors (Lipinski definition) is 3. The molecule has 0 atom stereocenters. The predicted molar refractivity (Wildman–Crippen MR) is 83.1 cm³/mol. The van der Waals surface area contributed by atoms with Crippen LogP contribution in [0, 0.1) is 0 Å². The Morgan fingerprint density at radius 1 is 1.38 bits per heavy atom. The Balaban J connectivity index is 2.18. The first-order valence-corrected chi connectivity index (χ1v) is 6.84. The summed E-state index contributed by atoms with van der Waals surface area (Å²) in [6, 6.07) is 7.17. The van der Waals surface area contributed by atoms with Crippen LogP contribution >= 0.6 is 23.2 Å². The van der Waals surface area contributed by atoms with Crippen molar-refractivity contribution in [3.05, 3.63) is 63.8 Å². The largest absolute Gasteiger partial charge is 0.293 e. The molecule has 106 valence electrons. The molecule has 3 aromatic rings. The van der Waals surface area contributed by atoms with E-state index in [0.29, 0.717) is 21.1 Å². The van der Waals surface area contributed by atoms with Crippen molar-refractivity contribution < 1.29 is 0 Å². The first-order chi connectivity index (χ1) is 10.1. The van der Waals surface area contributed by atoms with E-state index in [1.54, 1.807) is 16.8 Å². The molecule has 7 heteroatoms. The summed E-state index contributed by atoms with van der Waals surface area (Å²) in [7, 11) is 0. The summed E-state index contributed by atoms with van der Waals surface area (Å²) in [5, 5.41) is 5.57. The van der Waals surface area contributed by atoms with Gasteiger partial charge < -0.3 is 0 Å². The molecule has 0 saturated carbocycles. The monoisotopic (exact) mass is 320 g/mol. The molecule has 1 aromatic carbocycles. The van der Waals surface area contributed by atoms with Gasteiger partial charge in [-0.2, -0.15) is 5.10 Å². The van der Waals surface area contributed by atoms with Crippen molar-refractivity contribution in [3.63, 3.8) is 0 Å². The van der Waals surface area contributed by atoms with Gasteiger partial charge in [0.2, 0.25) is 0 Å². The molecule has 21 heavy (non-hydrogen) atoms. The molecule has 5 nitrogen and oxygen atoms in total. The molecule has 0 bridgehead atoms. The number of halogens is 2. The zero-order valence-corrected chi connectivity index (χ0v) is 12.3. The third-order valence-corrected chi connectivity index (χ3v) is 3.30. The van der Waals surface area contributed by atoms with Gasteiger partial charge in [-0.1, -0.05) is 35.8 Å². The second-order valence-electron chi connectivity index (χ2n) is 4.47. The standard InChI is InChI=1S/C14H10Cl2N4O/c1-9(15)7-19-8-17-13-12(14(19)21)6-18-20(13)11-4-2-3-10(16)5-11/h2-6,8H,1,7H2. The second-order valence-corrected chi connectivity index (χ2v) is 5.44. The summed E-state index contributed by atoms with van der Waals surface area (Å²) in [6.07, 6.45) is 2.92. The smallest absolute Gasteiger partial charge is 0.264 e. The molecule has 0 N–H and O–H groups in total. The number of fused-ring (bicyclic) bond motifs is 1. The Bertz CT molecular complexity index is 897. The minimum absolute atomic E-state index is 0.213. The number of hydrogen-bond donors (Lipinski definition) is 0. The van der Waals surface area contributed by atoms with Gasteiger partial charge in [0, 0.05) is 10.1 Å². The highest BCUT2D eigenvalue weighted by Gasteiger charge is 2.11. The molecule has 2 heterocycles. The molecule has 0 aliphatic rings. The van der Waals surface area contributed by atoms with E-state index in [9.17, 15) is 4.79 Å². The van der Waals surface area contributed by atoms with Crippen molar-refractivity contribution in [2.75, 3.05) is 0 Å². The number of rotatable bonds is 3. The van der Waals surface area contributed by atoms with E-state index in [4.69, 9.17) is 23.2 Å². The van der Waals surface area contributed by atoms with Crippen molar-refractivity contribution in [1.82, 2.24) is 19.3 Å². The summed E-state index contributed by atoms with van der Waals surface area (Å²) in [5.41, 5.74) is 0.998.